The quantitative estimate of drug-likeness (QED) is 0.0791. The predicted octanol–water partition coefficient (Wildman–Crippen LogP) is 4.46. The zero-order chi connectivity index (χ0) is 43.2. The number of ether oxygens (including phenoxy) is 15. The van der Waals surface area contributed by atoms with E-state index in [1.54, 1.807) is 0 Å². The van der Waals surface area contributed by atoms with Gasteiger partial charge in [0.05, 0.1) is 185 Å². The Balaban J connectivity index is 3.10. The molecule has 354 valence electrons. The molecule has 0 amide bonds. The lowest BCUT2D eigenvalue weighted by molar-refractivity contribution is -0.126. The molecule has 0 saturated carbocycles. The molecule has 0 N–H and O–H groups in total. The van der Waals surface area contributed by atoms with E-state index in [0.717, 1.165) is 25.9 Å². The van der Waals surface area contributed by atoms with Crippen molar-refractivity contribution in [2.45, 2.75) is 67.2 Å². The van der Waals surface area contributed by atoms with E-state index in [1.807, 2.05) is 20.8 Å². The highest BCUT2D eigenvalue weighted by molar-refractivity contribution is 5.83. The van der Waals surface area contributed by atoms with E-state index in [2.05, 4.69) is 20.8 Å². The third-order valence-electron chi connectivity index (χ3n) is 7.95. The Kier molecular flexibility index (Phi) is 44.4. The van der Waals surface area contributed by atoms with Crippen LogP contribution in [-0.2, 0) is 75.8 Å². The topological polar surface area (TPSA) is 156 Å². The van der Waals surface area contributed by atoms with Gasteiger partial charge < -0.3 is 71.1 Å². The molecule has 0 saturated heterocycles. The summed E-state index contributed by atoms with van der Waals surface area (Å²) in [7, 11) is 0. The number of Topliss-reactive ketones (excluding diaryl/α,β-unsaturated/α-hetero) is 1. The van der Waals surface area contributed by atoms with Crippen molar-refractivity contribution in [3.8, 4) is 0 Å². The summed E-state index contributed by atoms with van der Waals surface area (Å²) in [5, 5.41) is 0. The molecule has 0 spiro atoms. The van der Waals surface area contributed by atoms with E-state index >= 15 is 0 Å². The first-order chi connectivity index (χ1) is 28.6. The fraction of sp³-hybridized carbons (Fsp3) is 0.977. The molecule has 0 aromatic heterocycles. The minimum absolute atomic E-state index is 0.263. The lowest BCUT2D eigenvalue weighted by Crippen LogP contribution is -2.20. The van der Waals surface area contributed by atoms with E-state index in [9.17, 15) is 4.79 Å². The van der Waals surface area contributed by atoms with Gasteiger partial charge >= 0.3 is 0 Å². The van der Waals surface area contributed by atoms with Crippen LogP contribution in [0.5, 0.6) is 0 Å². The average Bonchev–Trinajstić information content (AvgIpc) is 3.19. The van der Waals surface area contributed by atoms with Crippen LogP contribution >= 0.6 is 0 Å². The lowest BCUT2D eigenvalue weighted by atomic mass is 9.88. The van der Waals surface area contributed by atoms with Crippen molar-refractivity contribution >= 4 is 5.78 Å². The van der Waals surface area contributed by atoms with Gasteiger partial charge in [-0.05, 0) is 24.7 Å². The van der Waals surface area contributed by atoms with Crippen molar-refractivity contribution < 1.29 is 75.8 Å². The second-order valence-electron chi connectivity index (χ2n) is 15.6. The molecule has 0 bridgehead atoms. The van der Waals surface area contributed by atoms with Gasteiger partial charge in [0.15, 0.2) is 0 Å². The minimum atomic E-state index is -0.280. The monoisotopic (exact) mass is 859 g/mol. The number of carbonyl (C=O) groups is 1. The number of hydrogen-bond donors (Lipinski definition) is 0. The Morgan fingerprint density at radius 1 is 0.271 bits per heavy atom. The largest absolute Gasteiger partial charge is 0.379 e. The molecule has 0 atom stereocenters. The zero-order valence-corrected chi connectivity index (χ0v) is 38.1. The Labute approximate surface area is 357 Å². The van der Waals surface area contributed by atoms with Gasteiger partial charge in [-0.25, -0.2) is 0 Å². The van der Waals surface area contributed by atoms with Crippen LogP contribution in [-0.4, -0.2) is 204 Å². The maximum atomic E-state index is 11.9. The summed E-state index contributed by atoms with van der Waals surface area (Å²) in [6.07, 6.45) is 3.54. The molecular weight excluding hydrogens is 772 g/mol. The van der Waals surface area contributed by atoms with Crippen LogP contribution in [0.4, 0.5) is 0 Å². The van der Waals surface area contributed by atoms with E-state index < -0.39 is 0 Å². The summed E-state index contributed by atoms with van der Waals surface area (Å²) in [5.41, 5.74) is 0.0809. The molecule has 0 unspecified atom stereocenters. The van der Waals surface area contributed by atoms with Gasteiger partial charge in [0.1, 0.15) is 5.78 Å². The van der Waals surface area contributed by atoms with Gasteiger partial charge in [-0.3, -0.25) is 4.79 Å². The Morgan fingerprint density at radius 3 is 0.610 bits per heavy atom. The van der Waals surface area contributed by atoms with Gasteiger partial charge in [0.2, 0.25) is 0 Å². The molecule has 0 aromatic rings. The van der Waals surface area contributed by atoms with Crippen LogP contribution in [0.2, 0.25) is 0 Å². The molecule has 0 aromatic carbocycles. The summed E-state index contributed by atoms with van der Waals surface area (Å²) in [6.45, 7) is 28.3. The van der Waals surface area contributed by atoms with Gasteiger partial charge in [-0.1, -0.05) is 41.5 Å². The van der Waals surface area contributed by atoms with Gasteiger partial charge in [-0.2, -0.15) is 0 Å². The molecule has 59 heavy (non-hydrogen) atoms. The van der Waals surface area contributed by atoms with Gasteiger partial charge in [0.25, 0.3) is 0 Å². The smallest absolute Gasteiger partial charge is 0.138 e. The molecule has 16 nitrogen and oxygen atoms in total. The Morgan fingerprint density at radius 2 is 0.441 bits per heavy atom. The van der Waals surface area contributed by atoms with Gasteiger partial charge in [0, 0.05) is 25.0 Å². The average molecular weight is 859 g/mol. The van der Waals surface area contributed by atoms with Crippen LogP contribution in [0, 0.1) is 10.8 Å². The van der Waals surface area contributed by atoms with Crippen LogP contribution in [0.1, 0.15) is 67.2 Å². The summed E-state index contributed by atoms with van der Waals surface area (Å²) < 4.78 is 82.6. The fourth-order valence-corrected chi connectivity index (χ4v) is 4.60. The third kappa shape index (κ3) is 51.3. The van der Waals surface area contributed by atoms with Crippen LogP contribution in [0.15, 0.2) is 0 Å². The number of ketones is 1. The van der Waals surface area contributed by atoms with Crippen molar-refractivity contribution in [2.75, 3.05) is 198 Å². The molecule has 0 heterocycles. The summed E-state index contributed by atoms with van der Waals surface area (Å²) in [6, 6.07) is 0. The van der Waals surface area contributed by atoms with Crippen molar-refractivity contribution in [3.63, 3.8) is 0 Å². The summed E-state index contributed by atoms with van der Waals surface area (Å²) >= 11 is 0. The van der Waals surface area contributed by atoms with E-state index in [4.69, 9.17) is 71.1 Å². The standard InChI is InChI=1S/C43H86O16/c1-42(2,3)10-8-12-46-14-16-48-18-20-50-22-24-52-26-28-54-30-32-56-34-36-58-38-40-59-39-37-57-35-33-55-31-29-53-27-25-51-23-21-49-19-17-47-15-13-45-11-7-9-41(44)43(4,5)6/h7-40H2,1-6H3. The first-order valence-corrected chi connectivity index (χ1v) is 21.8. The SMILES string of the molecule is CC(C)(C)CCCOCCOCCOCCOCCOCCOCCOCCOCCOCCOCCOCCOCCOCCOCCOCCCC(=O)C(C)(C)C. The maximum absolute atomic E-state index is 11.9. The number of rotatable bonds is 49. The molecule has 0 aliphatic heterocycles. The van der Waals surface area contributed by atoms with Crippen LogP contribution in [0.3, 0.4) is 0 Å². The molecule has 16 heteroatoms. The fourth-order valence-electron chi connectivity index (χ4n) is 4.60. The first-order valence-electron chi connectivity index (χ1n) is 21.8. The van der Waals surface area contributed by atoms with E-state index in [1.165, 1.54) is 0 Å². The van der Waals surface area contributed by atoms with E-state index in [0.29, 0.717) is 203 Å². The van der Waals surface area contributed by atoms with Crippen molar-refractivity contribution in [1.82, 2.24) is 0 Å². The van der Waals surface area contributed by atoms with Crippen LogP contribution in [0.25, 0.3) is 0 Å². The zero-order valence-electron chi connectivity index (χ0n) is 38.1. The molecule has 0 fully saturated rings. The highest BCUT2D eigenvalue weighted by atomic mass is 16.6. The molecular formula is C43H86O16. The third-order valence-corrected chi connectivity index (χ3v) is 7.95. The number of carbonyl (C=O) groups excluding carboxylic acids is 1. The normalized spacial score (nSPS) is 12.2. The maximum Gasteiger partial charge on any atom is 0.138 e. The lowest BCUT2D eigenvalue weighted by Gasteiger charge is -2.17. The predicted molar refractivity (Wildman–Crippen MR) is 225 cm³/mol. The van der Waals surface area contributed by atoms with Crippen molar-refractivity contribution in [2.24, 2.45) is 10.8 Å². The van der Waals surface area contributed by atoms with Crippen LogP contribution < -0.4 is 0 Å². The highest BCUT2D eigenvalue weighted by Crippen LogP contribution is 2.20. The van der Waals surface area contributed by atoms with Gasteiger partial charge in [-0.15, -0.1) is 0 Å². The minimum Gasteiger partial charge on any atom is -0.379 e. The van der Waals surface area contributed by atoms with Crippen molar-refractivity contribution in [1.29, 1.82) is 0 Å². The van der Waals surface area contributed by atoms with E-state index in [-0.39, 0.29) is 11.2 Å². The Bertz CT molecular complexity index is 840. The first kappa shape index (κ1) is 58.1. The summed E-state index contributed by atoms with van der Waals surface area (Å²) in [4.78, 5) is 11.9. The summed E-state index contributed by atoms with van der Waals surface area (Å²) in [5.74, 6) is 0.263. The molecule has 0 rings (SSSR count). The Hall–Kier alpha value is -0.930. The number of hydrogen-bond acceptors (Lipinski definition) is 16. The van der Waals surface area contributed by atoms with Crippen molar-refractivity contribution in [3.05, 3.63) is 0 Å². The second kappa shape index (κ2) is 45.1. The molecule has 0 aliphatic carbocycles. The second-order valence-corrected chi connectivity index (χ2v) is 15.6. The molecule has 0 radical (unpaired) electrons. The molecule has 0 aliphatic rings. The highest BCUT2D eigenvalue weighted by Gasteiger charge is 2.20.